The molecule has 19 heteroatoms. The van der Waals surface area contributed by atoms with Crippen molar-refractivity contribution in [2.24, 2.45) is 11.8 Å². The molecule has 97 heavy (non-hydrogen) atoms. The lowest BCUT2D eigenvalue weighted by Gasteiger charge is -2.21. The van der Waals surface area contributed by atoms with Gasteiger partial charge in [0.2, 0.25) is 0 Å². The summed E-state index contributed by atoms with van der Waals surface area (Å²) < 4.78 is 68.6. The molecule has 576 valence electrons. The Morgan fingerprint density at radius 3 is 0.784 bits per heavy atom. The number of ether oxygens (including phenoxy) is 4. The van der Waals surface area contributed by atoms with Crippen molar-refractivity contribution in [1.82, 2.24) is 0 Å². The van der Waals surface area contributed by atoms with Crippen LogP contribution in [0.25, 0.3) is 0 Å². The van der Waals surface area contributed by atoms with E-state index in [1.165, 1.54) is 218 Å². The standard InChI is InChI=1S/C78H152O17P2/c1-7-10-12-14-16-18-20-21-22-23-24-25-29-33-36-42-48-54-60-75(80)88-66-73(94-78(83)63-57-51-44-38-34-30-27-26-28-32-35-41-47-53-59-71(6)9-3)68-92-96(84,85)90-64-72(79)65-91-97(86,87)93-69-74(67-89-76(81)61-55-49-45-39-40-46-52-58-70(4)5)95-77(82)62-56-50-43-37-31-19-17-15-13-11-8-2/h70-74,79H,7-69H2,1-6H3,(H,84,85)(H,86,87)/t71?,72-,73-,74-/m1/s1. The Hall–Kier alpha value is -1.94. The normalized spacial score (nSPS) is 14.2. The first-order valence-electron chi connectivity index (χ1n) is 40.5. The van der Waals surface area contributed by atoms with Gasteiger partial charge in [0.15, 0.2) is 12.2 Å². The van der Waals surface area contributed by atoms with E-state index >= 15 is 0 Å². The fourth-order valence-corrected chi connectivity index (χ4v) is 13.6. The van der Waals surface area contributed by atoms with E-state index in [1.54, 1.807) is 0 Å². The van der Waals surface area contributed by atoms with Gasteiger partial charge in [0.25, 0.3) is 0 Å². The molecule has 0 rings (SSSR count). The molecule has 0 aromatic heterocycles. The molecule has 3 unspecified atom stereocenters. The fraction of sp³-hybridized carbons (Fsp3) is 0.949. The summed E-state index contributed by atoms with van der Waals surface area (Å²) >= 11 is 0. The van der Waals surface area contributed by atoms with Crippen LogP contribution in [0.3, 0.4) is 0 Å². The lowest BCUT2D eigenvalue weighted by atomic mass is 9.99. The predicted octanol–water partition coefficient (Wildman–Crippen LogP) is 23.1. The number of carbonyl (C=O) groups excluding carboxylic acids is 4. The lowest BCUT2D eigenvalue weighted by molar-refractivity contribution is -0.161. The Kier molecular flexibility index (Phi) is 68.4. The molecule has 0 radical (unpaired) electrons. The van der Waals surface area contributed by atoms with Crippen molar-refractivity contribution >= 4 is 39.5 Å². The van der Waals surface area contributed by atoms with Crippen LogP contribution in [0.1, 0.15) is 408 Å². The molecule has 0 saturated heterocycles. The second-order valence-electron chi connectivity index (χ2n) is 28.8. The van der Waals surface area contributed by atoms with E-state index in [9.17, 15) is 43.2 Å². The third-order valence-electron chi connectivity index (χ3n) is 18.6. The zero-order chi connectivity index (χ0) is 71.4. The number of unbranched alkanes of at least 4 members (excludes halogenated alkanes) is 46. The molecule has 0 heterocycles. The molecule has 0 saturated carbocycles. The van der Waals surface area contributed by atoms with Crippen LogP contribution in [-0.4, -0.2) is 96.7 Å². The van der Waals surface area contributed by atoms with Crippen LogP contribution in [0.5, 0.6) is 0 Å². The van der Waals surface area contributed by atoms with E-state index in [1.807, 2.05) is 0 Å². The summed E-state index contributed by atoms with van der Waals surface area (Å²) in [6.07, 6.45) is 58.3. The molecular formula is C78H152O17P2. The van der Waals surface area contributed by atoms with Crippen LogP contribution in [0.2, 0.25) is 0 Å². The second-order valence-corrected chi connectivity index (χ2v) is 31.7. The van der Waals surface area contributed by atoms with Crippen molar-refractivity contribution in [3.63, 3.8) is 0 Å². The molecule has 0 aliphatic heterocycles. The van der Waals surface area contributed by atoms with Crippen LogP contribution >= 0.6 is 15.6 Å². The summed E-state index contributed by atoms with van der Waals surface area (Å²) in [6.45, 7) is 9.61. The topological polar surface area (TPSA) is 237 Å². The predicted molar refractivity (Wildman–Crippen MR) is 395 cm³/mol. The van der Waals surface area contributed by atoms with Gasteiger partial charge in [0.05, 0.1) is 26.4 Å². The minimum atomic E-state index is -4.96. The maximum atomic E-state index is 13.1. The number of phosphoric ester groups is 2. The second kappa shape index (κ2) is 69.8. The maximum Gasteiger partial charge on any atom is 0.472 e. The molecule has 0 aromatic rings. The smallest absolute Gasteiger partial charge is 0.462 e. The van der Waals surface area contributed by atoms with Crippen molar-refractivity contribution < 1.29 is 80.2 Å². The molecule has 6 atom stereocenters. The summed E-state index contributed by atoms with van der Waals surface area (Å²) in [5, 5.41) is 10.6. The van der Waals surface area contributed by atoms with Crippen LogP contribution in [0.4, 0.5) is 0 Å². The quantitative estimate of drug-likeness (QED) is 0.0222. The van der Waals surface area contributed by atoms with Gasteiger partial charge in [-0.1, -0.05) is 356 Å². The number of hydrogen-bond donors (Lipinski definition) is 3. The summed E-state index contributed by atoms with van der Waals surface area (Å²) in [6, 6.07) is 0. The monoisotopic (exact) mass is 1420 g/mol. The summed E-state index contributed by atoms with van der Waals surface area (Å²) in [4.78, 5) is 72.8. The molecule has 0 fully saturated rings. The Bertz CT molecular complexity index is 1870. The highest BCUT2D eigenvalue weighted by atomic mass is 31.2. The van der Waals surface area contributed by atoms with Crippen molar-refractivity contribution in [1.29, 1.82) is 0 Å². The minimum absolute atomic E-state index is 0.106. The summed E-state index contributed by atoms with van der Waals surface area (Å²) in [5.41, 5.74) is 0. The number of esters is 4. The van der Waals surface area contributed by atoms with Crippen molar-refractivity contribution in [3.05, 3.63) is 0 Å². The molecule has 0 spiro atoms. The van der Waals surface area contributed by atoms with Gasteiger partial charge in [0.1, 0.15) is 19.3 Å². The van der Waals surface area contributed by atoms with Crippen molar-refractivity contribution in [3.8, 4) is 0 Å². The number of aliphatic hydroxyl groups excluding tert-OH is 1. The molecule has 0 aliphatic rings. The van der Waals surface area contributed by atoms with Gasteiger partial charge in [-0.05, 0) is 37.5 Å². The van der Waals surface area contributed by atoms with Crippen molar-refractivity contribution in [2.75, 3.05) is 39.6 Å². The van der Waals surface area contributed by atoms with Crippen LogP contribution < -0.4 is 0 Å². The number of aliphatic hydroxyl groups is 1. The molecule has 0 bridgehead atoms. The Morgan fingerprint density at radius 2 is 0.526 bits per heavy atom. The number of rotatable bonds is 77. The molecule has 17 nitrogen and oxygen atoms in total. The fourth-order valence-electron chi connectivity index (χ4n) is 12.0. The van der Waals surface area contributed by atoms with Gasteiger partial charge in [-0.2, -0.15) is 0 Å². The Morgan fingerprint density at radius 1 is 0.299 bits per heavy atom. The van der Waals surface area contributed by atoms with Crippen LogP contribution in [0, 0.1) is 11.8 Å². The molecular weight excluding hydrogens is 1270 g/mol. The van der Waals surface area contributed by atoms with Gasteiger partial charge < -0.3 is 33.8 Å². The first-order chi connectivity index (χ1) is 46.9. The molecule has 0 amide bonds. The van der Waals surface area contributed by atoms with E-state index in [-0.39, 0.29) is 25.7 Å². The third-order valence-corrected chi connectivity index (χ3v) is 20.5. The van der Waals surface area contributed by atoms with Gasteiger partial charge in [0, 0.05) is 25.7 Å². The average molecular weight is 1420 g/mol. The highest BCUT2D eigenvalue weighted by molar-refractivity contribution is 7.47. The van der Waals surface area contributed by atoms with Gasteiger partial charge in [-0.3, -0.25) is 37.3 Å². The highest BCUT2D eigenvalue weighted by Gasteiger charge is 2.30. The lowest BCUT2D eigenvalue weighted by Crippen LogP contribution is -2.30. The third kappa shape index (κ3) is 70.9. The van der Waals surface area contributed by atoms with Crippen LogP contribution in [0.15, 0.2) is 0 Å². The van der Waals surface area contributed by atoms with E-state index in [0.29, 0.717) is 31.6 Å². The van der Waals surface area contributed by atoms with Gasteiger partial charge >= 0.3 is 39.5 Å². The summed E-state index contributed by atoms with van der Waals surface area (Å²) in [7, 11) is -9.91. The largest absolute Gasteiger partial charge is 0.472 e. The molecule has 0 aromatic carbocycles. The van der Waals surface area contributed by atoms with Crippen LogP contribution in [-0.2, 0) is 65.4 Å². The van der Waals surface area contributed by atoms with Gasteiger partial charge in [-0.15, -0.1) is 0 Å². The number of hydrogen-bond acceptors (Lipinski definition) is 15. The summed E-state index contributed by atoms with van der Waals surface area (Å²) in [5.74, 6) is -0.562. The van der Waals surface area contributed by atoms with E-state index in [2.05, 4.69) is 41.5 Å². The van der Waals surface area contributed by atoms with Gasteiger partial charge in [-0.25, -0.2) is 9.13 Å². The number of carbonyl (C=O) groups is 4. The van der Waals surface area contributed by atoms with E-state index < -0.39 is 97.5 Å². The minimum Gasteiger partial charge on any atom is -0.462 e. The highest BCUT2D eigenvalue weighted by Crippen LogP contribution is 2.45. The Balaban J connectivity index is 5.22. The SMILES string of the molecule is CCCCCCCCCCCCCCCCCCCCC(=O)OC[C@H](COP(=O)(O)OC[C@@H](O)COP(=O)(O)OC[C@@H](COC(=O)CCCCCCCCCC(C)C)OC(=O)CCCCCCCCCCCCC)OC(=O)CCCCCCCCCCCCCCCCC(C)CC. The maximum absolute atomic E-state index is 13.1. The number of phosphoric acid groups is 2. The Labute approximate surface area is 594 Å². The van der Waals surface area contributed by atoms with E-state index in [0.717, 1.165) is 102 Å². The first kappa shape index (κ1) is 95.1. The van der Waals surface area contributed by atoms with Crippen molar-refractivity contribution in [2.45, 2.75) is 426 Å². The first-order valence-corrected chi connectivity index (χ1v) is 43.5. The molecule has 3 N–H and O–H groups in total. The average Bonchev–Trinajstić information content (AvgIpc) is 1.08. The molecule has 0 aliphatic carbocycles. The van der Waals surface area contributed by atoms with E-state index in [4.69, 9.17) is 37.0 Å². The zero-order valence-electron chi connectivity index (χ0n) is 63.4. The zero-order valence-corrected chi connectivity index (χ0v) is 65.2.